The van der Waals surface area contributed by atoms with E-state index >= 15 is 0 Å². The fourth-order valence-corrected chi connectivity index (χ4v) is 3.89. The molecular weight excluding hydrogens is 383 g/mol. The second kappa shape index (κ2) is 7.01. The zero-order chi connectivity index (χ0) is 20.8. The van der Waals surface area contributed by atoms with Gasteiger partial charge in [0, 0.05) is 49.2 Å². The van der Waals surface area contributed by atoms with Crippen molar-refractivity contribution in [1.82, 2.24) is 14.7 Å². The number of nitrogens with one attached hydrogen (secondary N) is 1. The van der Waals surface area contributed by atoms with Crippen LogP contribution in [0.3, 0.4) is 0 Å². The highest BCUT2D eigenvalue weighted by molar-refractivity contribution is 5.84. The quantitative estimate of drug-likeness (QED) is 0.413. The number of benzene rings is 1. The molecule has 0 spiro atoms. The Morgan fingerprint density at radius 1 is 1.30 bits per heavy atom. The van der Waals surface area contributed by atoms with Crippen LogP contribution < -0.4 is 15.8 Å². The number of halogens is 1. The molecule has 5 rings (SSSR count). The van der Waals surface area contributed by atoms with E-state index in [-0.39, 0.29) is 11.7 Å². The predicted molar refractivity (Wildman–Crippen MR) is 114 cm³/mol. The van der Waals surface area contributed by atoms with Crippen LogP contribution in [-0.2, 0) is 0 Å². The fraction of sp³-hybridized carbons (Fsp3) is 0.217. The van der Waals surface area contributed by atoms with Crippen molar-refractivity contribution in [3.05, 3.63) is 64.5 Å². The van der Waals surface area contributed by atoms with E-state index in [0.29, 0.717) is 23.4 Å². The summed E-state index contributed by atoms with van der Waals surface area (Å²) in [5, 5.41) is 4.04. The van der Waals surface area contributed by atoms with Gasteiger partial charge in [0.15, 0.2) is 11.5 Å². The topological polar surface area (TPSA) is 62.8 Å². The lowest BCUT2D eigenvalue weighted by molar-refractivity contribution is 0.527. The summed E-state index contributed by atoms with van der Waals surface area (Å²) in [6, 6.07) is 8.88. The van der Waals surface area contributed by atoms with Gasteiger partial charge in [-0.3, -0.25) is 0 Å². The van der Waals surface area contributed by atoms with Crippen LogP contribution in [0.2, 0.25) is 0 Å². The molecule has 4 aromatic rings. The Morgan fingerprint density at radius 2 is 2.17 bits per heavy atom. The Morgan fingerprint density at radius 3 is 3.00 bits per heavy atom. The van der Waals surface area contributed by atoms with Crippen LogP contribution in [0.5, 0.6) is 0 Å². The predicted octanol–water partition coefficient (Wildman–Crippen LogP) is 2.97. The summed E-state index contributed by atoms with van der Waals surface area (Å²) in [6.45, 7) is 4.10. The normalized spacial score (nSPS) is 16.8. The second-order valence-electron chi connectivity index (χ2n) is 7.51. The first kappa shape index (κ1) is 18.4. The highest BCUT2D eigenvalue weighted by Crippen LogP contribution is 2.26. The van der Waals surface area contributed by atoms with Crippen molar-refractivity contribution in [2.45, 2.75) is 13.0 Å². The van der Waals surface area contributed by atoms with E-state index in [0.717, 1.165) is 29.7 Å². The standard InChI is InChI=1S/C23H19FN4O2/c1-3-16-12-27(7-6-25-16)17-5-4-15-9-18(23(29)30-21(15)10-17)20-13-28-11-14(2)8-19(24)22(28)26-20/h1,4-5,8-11,13,16,25H,6-7,12H2,2H3/t16-/m1/s1. The van der Waals surface area contributed by atoms with Gasteiger partial charge in [0.1, 0.15) is 5.58 Å². The van der Waals surface area contributed by atoms with Crippen molar-refractivity contribution >= 4 is 22.3 Å². The summed E-state index contributed by atoms with van der Waals surface area (Å²) in [5.74, 6) is 2.30. The zero-order valence-corrected chi connectivity index (χ0v) is 16.4. The summed E-state index contributed by atoms with van der Waals surface area (Å²) >= 11 is 0. The van der Waals surface area contributed by atoms with E-state index in [1.807, 2.05) is 18.2 Å². The van der Waals surface area contributed by atoms with Crippen LogP contribution in [0.1, 0.15) is 5.56 Å². The Labute approximate surface area is 171 Å². The van der Waals surface area contributed by atoms with Gasteiger partial charge < -0.3 is 19.0 Å². The molecule has 3 aromatic heterocycles. The van der Waals surface area contributed by atoms with E-state index in [2.05, 4.69) is 21.1 Å². The molecule has 0 radical (unpaired) electrons. The van der Waals surface area contributed by atoms with Crippen molar-refractivity contribution < 1.29 is 8.81 Å². The van der Waals surface area contributed by atoms with Crippen LogP contribution in [0, 0.1) is 25.1 Å². The molecule has 4 heterocycles. The first-order chi connectivity index (χ1) is 14.5. The number of rotatable bonds is 2. The number of aromatic nitrogens is 2. The molecule has 1 atom stereocenters. The molecule has 0 saturated carbocycles. The summed E-state index contributed by atoms with van der Waals surface area (Å²) < 4.78 is 21.4. The minimum atomic E-state index is -0.512. The molecule has 0 amide bonds. The van der Waals surface area contributed by atoms with Gasteiger partial charge in [0.25, 0.3) is 0 Å². The van der Waals surface area contributed by atoms with Crippen molar-refractivity contribution in [2.24, 2.45) is 0 Å². The van der Waals surface area contributed by atoms with Crippen molar-refractivity contribution in [1.29, 1.82) is 0 Å². The molecule has 1 saturated heterocycles. The first-order valence-electron chi connectivity index (χ1n) is 9.69. The monoisotopic (exact) mass is 402 g/mol. The number of piperazine rings is 1. The summed E-state index contributed by atoms with van der Waals surface area (Å²) in [5.41, 5.74) is 2.54. The largest absolute Gasteiger partial charge is 0.422 e. The SMILES string of the molecule is C#C[C@@H]1CN(c2ccc3cc(-c4cn5cc(C)cc(F)c5n4)c(=O)oc3c2)CCN1. The van der Waals surface area contributed by atoms with Crippen LogP contribution in [-0.4, -0.2) is 35.1 Å². The Kier molecular flexibility index (Phi) is 4.30. The maximum absolute atomic E-state index is 14.2. The molecule has 150 valence electrons. The third-order valence-electron chi connectivity index (χ3n) is 5.38. The number of hydrogen-bond donors (Lipinski definition) is 1. The lowest BCUT2D eigenvalue weighted by atomic mass is 10.1. The number of hydrogen-bond acceptors (Lipinski definition) is 5. The van der Waals surface area contributed by atoms with Gasteiger partial charge in [0.05, 0.1) is 17.3 Å². The maximum Gasteiger partial charge on any atom is 0.345 e. The molecule has 1 N–H and O–H groups in total. The molecule has 30 heavy (non-hydrogen) atoms. The molecule has 1 aliphatic heterocycles. The molecule has 7 heteroatoms. The van der Waals surface area contributed by atoms with Crippen molar-refractivity contribution in [3.63, 3.8) is 0 Å². The molecule has 1 fully saturated rings. The van der Waals surface area contributed by atoms with Crippen LogP contribution in [0.15, 0.2) is 51.9 Å². The minimum absolute atomic E-state index is 0.0112. The van der Waals surface area contributed by atoms with Gasteiger partial charge in [-0.15, -0.1) is 6.42 Å². The number of imidazole rings is 1. The molecular formula is C23H19FN4O2. The van der Waals surface area contributed by atoms with Crippen LogP contribution >= 0.6 is 0 Å². The van der Waals surface area contributed by atoms with Crippen molar-refractivity contribution in [2.75, 3.05) is 24.5 Å². The average Bonchev–Trinajstić information content (AvgIpc) is 3.17. The van der Waals surface area contributed by atoms with Gasteiger partial charge in [-0.2, -0.15) is 0 Å². The van der Waals surface area contributed by atoms with Gasteiger partial charge in [-0.05, 0) is 36.8 Å². The van der Waals surface area contributed by atoms with Gasteiger partial charge in [-0.25, -0.2) is 14.2 Å². The Bertz CT molecular complexity index is 1380. The van der Waals surface area contributed by atoms with Gasteiger partial charge in [0.2, 0.25) is 0 Å². The van der Waals surface area contributed by atoms with Gasteiger partial charge >= 0.3 is 5.63 Å². The molecule has 1 aliphatic rings. The highest BCUT2D eigenvalue weighted by Gasteiger charge is 2.19. The summed E-state index contributed by atoms with van der Waals surface area (Å²) in [4.78, 5) is 19.2. The molecule has 6 nitrogen and oxygen atoms in total. The zero-order valence-electron chi connectivity index (χ0n) is 16.4. The number of anilines is 1. The first-order valence-corrected chi connectivity index (χ1v) is 9.69. The van der Waals surface area contributed by atoms with Crippen LogP contribution in [0.25, 0.3) is 27.9 Å². The number of terminal acetylenes is 1. The third-order valence-corrected chi connectivity index (χ3v) is 5.38. The van der Waals surface area contributed by atoms with Crippen LogP contribution in [0.4, 0.5) is 10.1 Å². The Balaban J connectivity index is 1.56. The Hall–Kier alpha value is -3.63. The van der Waals surface area contributed by atoms with E-state index in [9.17, 15) is 9.18 Å². The second-order valence-corrected chi connectivity index (χ2v) is 7.51. The molecule has 0 bridgehead atoms. The lowest BCUT2D eigenvalue weighted by Crippen LogP contribution is -2.50. The van der Waals surface area contributed by atoms with E-state index < -0.39 is 11.4 Å². The van der Waals surface area contributed by atoms with Gasteiger partial charge in [-0.1, -0.05) is 5.92 Å². The average molecular weight is 402 g/mol. The lowest BCUT2D eigenvalue weighted by Gasteiger charge is -2.33. The summed E-state index contributed by atoms with van der Waals surface area (Å²) in [6.07, 6.45) is 8.94. The number of fused-ring (bicyclic) bond motifs is 2. The van der Waals surface area contributed by atoms with Crippen molar-refractivity contribution in [3.8, 4) is 23.6 Å². The fourth-order valence-electron chi connectivity index (χ4n) is 3.89. The maximum atomic E-state index is 14.2. The minimum Gasteiger partial charge on any atom is -0.422 e. The van der Waals surface area contributed by atoms with E-state index in [4.69, 9.17) is 10.8 Å². The molecule has 0 aliphatic carbocycles. The summed E-state index contributed by atoms with van der Waals surface area (Å²) in [7, 11) is 0. The number of pyridine rings is 1. The molecule has 0 unspecified atom stereocenters. The number of nitrogens with zero attached hydrogens (tertiary/aromatic N) is 3. The molecule has 1 aromatic carbocycles. The van der Waals surface area contributed by atoms with E-state index in [1.165, 1.54) is 6.07 Å². The highest BCUT2D eigenvalue weighted by atomic mass is 19.1. The third kappa shape index (κ3) is 3.11. The number of aryl methyl sites for hydroxylation is 1. The smallest absolute Gasteiger partial charge is 0.345 e. The van der Waals surface area contributed by atoms with E-state index in [1.54, 1.807) is 29.8 Å².